The van der Waals surface area contributed by atoms with E-state index in [0.717, 1.165) is 12.8 Å². The summed E-state index contributed by atoms with van der Waals surface area (Å²) in [5, 5.41) is 4.42. The van der Waals surface area contributed by atoms with E-state index in [1.807, 2.05) is 0 Å². The van der Waals surface area contributed by atoms with Crippen LogP contribution in [0.15, 0.2) is 91.0 Å². The van der Waals surface area contributed by atoms with Gasteiger partial charge in [0.15, 0.2) is 8.32 Å². The minimum absolute atomic E-state index is 0. The quantitative estimate of drug-likeness (QED) is 0.193. The number of hydrogen-bond acceptors (Lipinski definition) is 1. The van der Waals surface area contributed by atoms with Crippen molar-refractivity contribution in [1.29, 1.82) is 0 Å². The topological polar surface area (TPSA) is 9.23 Å². The molecule has 0 bridgehead atoms. The van der Waals surface area contributed by atoms with E-state index in [2.05, 4.69) is 118 Å². The molecule has 0 heterocycles. The summed E-state index contributed by atoms with van der Waals surface area (Å²) in [7, 11) is -3.36. The van der Waals surface area contributed by atoms with E-state index in [4.69, 9.17) is 4.43 Å². The Labute approximate surface area is 214 Å². The van der Waals surface area contributed by atoms with Crippen molar-refractivity contribution in [3.05, 3.63) is 91.0 Å². The monoisotopic (exact) mass is 576 g/mol. The average Bonchev–Trinajstić information content (AvgIpc) is 2.80. The molecule has 0 fully saturated rings. The molecule has 0 aliphatic carbocycles. The number of halogens is 1. The molecule has 0 aromatic heterocycles. The Bertz CT molecular complexity index is 800. The molecular weight excluding hydrogens is 538 g/mol. The molecule has 0 amide bonds. The lowest BCUT2D eigenvalue weighted by Gasteiger charge is -2.32. The molecular formula is C28H38IOPSi. The summed E-state index contributed by atoms with van der Waals surface area (Å²) >= 11 is 0. The average molecular weight is 577 g/mol. The van der Waals surface area contributed by atoms with Crippen LogP contribution < -0.4 is 39.9 Å². The van der Waals surface area contributed by atoms with Gasteiger partial charge in [0.2, 0.25) is 0 Å². The Morgan fingerprint density at radius 1 is 0.719 bits per heavy atom. The standard InChI is InChI=1S/C28H38OPSi.HI/c1-5-6-16-25(23-29-31(2,3)4)24-30(26-17-10-7-11-18-26,27-19-12-8-13-20-27)28-21-14-9-15-22-28;/h7-15,17-22,25H,5-6,16,23-24H2,1-4H3;1H/q+1;/p-1/t25-;/m1./s1. The third kappa shape index (κ3) is 7.25. The molecule has 3 aromatic carbocycles. The van der Waals surface area contributed by atoms with Crippen molar-refractivity contribution in [2.24, 2.45) is 5.92 Å². The zero-order valence-corrected chi connectivity index (χ0v) is 24.1. The van der Waals surface area contributed by atoms with Gasteiger partial charge in [-0.15, -0.1) is 0 Å². The molecule has 0 aliphatic heterocycles. The summed E-state index contributed by atoms with van der Waals surface area (Å²) in [6.45, 7) is 10.1. The molecule has 3 rings (SSSR count). The fraction of sp³-hybridized carbons (Fsp3) is 0.357. The van der Waals surface area contributed by atoms with E-state index < -0.39 is 15.6 Å². The number of unbranched alkanes of at least 4 members (excludes halogenated alkanes) is 1. The van der Waals surface area contributed by atoms with Crippen LogP contribution in [-0.4, -0.2) is 21.1 Å². The third-order valence-electron chi connectivity index (χ3n) is 5.84. The van der Waals surface area contributed by atoms with E-state index in [9.17, 15) is 0 Å². The highest BCUT2D eigenvalue weighted by Crippen LogP contribution is 2.57. The fourth-order valence-corrected chi connectivity index (χ4v) is 9.65. The zero-order chi connectivity index (χ0) is 22.2. The predicted octanol–water partition coefficient (Wildman–Crippen LogP) is 3.64. The maximum absolute atomic E-state index is 6.50. The molecule has 0 spiro atoms. The van der Waals surface area contributed by atoms with Crippen LogP contribution in [0.4, 0.5) is 0 Å². The highest BCUT2D eigenvalue weighted by molar-refractivity contribution is 7.95. The molecule has 0 saturated heterocycles. The first-order valence-corrected chi connectivity index (χ1v) is 17.0. The van der Waals surface area contributed by atoms with Gasteiger partial charge in [-0.05, 0) is 62.5 Å². The second-order valence-electron chi connectivity index (χ2n) is 9.43. The zero-order valence-electron chi connectivity index (χ0n) is 20.0. The molecule has 1 atom stereocenters. The highest BCUT2D eigenvalue weighted by Gasteiger charge is 2.46. The molecule has 172 valence electrons. The van der Waals surface area contributed by atoms with Gasteiger partial charge in [0.25, 0.3) is 0 Å². The first kappa shape index (κ1) is 27.2. The summed E-state index contributed by atoms with van der Waals surface area (Å²) in [5.74, 6) is 0.556. The van der Waals surface area contributed by atoms with Gasteiger partial charge in [0.05, 0.1) is 6.16 Å². The van der Waals surface area contributed by atoms with Crippen molar-refractivity contribution in [3.63, 3.8) is 0 Å². The number of hydrogen-bond donors (Lipinski definition) is 0. The predicted molar refractivity (Wildman–Crippen MR) is 142 cm³/mol. The molecule has 3 aromatic rings. The lowest BCUT2D eigenvalue weighted by atomic mass is 10.1. The van der Waals surface area contributed by atoms with Crippen molar-refractivity contribution >= 4 is 31.5 Å². The van der Waals surface area contributed by atoms with Crippen LogP contribution in [-0.2, 0) is 4.43 Å². The Kier molecular flexibility index (Phi) is 11.1. The molecule has 0 saturated carbocycles. The van der Waals surface area contributed by atoms with E-state index >= 15 is 0 Å². The van der Waals surface area contributed by atoms with Gasteiger partial charge in [-0.2, -0.15) is 0 Å². The van der Waals surface area contributed by atoms with Gasteiger partial charge in [0.1, 0.15) is 23.2 Å². The summed E-state index contributed by atoms with van der Waals surface area (Å²) in [4.78, 5) is 0. The van der Waals surface area contributed by atoms with Crippen molar-refractivity contribution < 1.29 is 28.4 Å². The van der Waals surface area contributed by atoms with Gasteiger partial charge >= 0.3 is 0 Å². The van der Waals surface area contributed by atoms with Crippen LogP contribution in [0.5, 0.6) is 0 Å². The van der Waals surface area contributed by atoms with E-state index in [-0.39, 0.29) is 24.0 Å². The van der Waals surface area contributed by atoms with Crippen molar-refractivity contribution in [2.45, 2.75) is 45.8 Å². The molecule has 32 heavy (non-hydrogen) atoms. The second kappa shape index (κ2) is 13.0. The lowest BCUT2D eigenvalue weighted by molar-refractivity contribution is -0.00000744. The Morgan fingerprint density at radius 2 is 1.12 bits per heavy atom. The normalized spacial score (nSPS) is 12.8. The molecule has 0 unspecified atom stereocenters. The van der Waals surface area contributed by atoms with Gasteiger partial charge in [-0.1, -0.05) is 74.4 Å². The summed E-state index contributed by atoms with van der Waals surface area (Å²) < 4.78 is 6.50. The summed E-state index contributed by atoms with van der Waals surface area (Å²) in [6, 6.07) is 33.7. The van der Waals surface area contributed by atoms with Gasteiger partial charge in [0, 0.05) is 12.5 Å². The van der Waals surface area contributed by atoms with Crippen molar-refractivity contribution in [1.82, 2.24) is 0 Å². The van der Waals surface area contributed by atoms with Crippen molar-refractivity contribution in [2.75, 3.05) is 12.8 Å². The smallest absolute Gasteiger partial charge is 0.183 e. The third-order valence-corrected chi connectivity index (χ3v) is 11.5. The summed E-state index contributed by atoms with van der Waals surface area (Å²) in [5.41, 5.74) is 0. The van der Waals surface area contributed by atoms with Gasteiger partial charge < -0.3 is 28.4 Å². The van der Waals surface area contributed by atoms with Gasteiger partial charge in [-0.25, -0.2) is 0 Å². The fourth-order valence-electron chi connectivity index (χ4n) is 4.29. The molecule has 1 nitrogen and oxygen atoms in total. The number of benzene rings is 3. The first-order chi connectivity index (χ1) is 15.0. The van der Waals surface area contributed by atoms with Crippen molar-refractivity contribution in [3.8, 4) is 0 Å². The van der Waals surface area contributed by atoms with Crippen LogP contribution in [0.2, 0.25) is 19.6 Å². The van der Waals surface area contributed by atoms with Crippen LogP contribution in [0.25, 0.3) is 0 Å². The maximum Gasteiger partial charge on any atom is 0.183 e. The molecule has 0 N–H and O–H groups in total. The Hall–Kier alpha value is -1.00. The Balaban J connectivity index is 0.00000363. The minimum Gasteiger partial charge on any atom is -1.00 e. The molecule has 0 radical (unpaired) electrons. The highest BCUT2D eigenvalue weighted by atomic mass is 127. The van der Waals surface area contributed by atoms with Crippen LogP contribution >= 0.6 is 7.26 Å². The van der Waals surface area contributed by atoms with E-state index in [1.165, 1.54) is 35.2 Å². The molecule has 0 aliphatic rings. The molecule has 4 heteroatoms. The minimum atomic E-state index is -1.80. The Morgan fingerprint density at radius 3 is 1.47 bits per heavy atom. The van der Waals surface area contributed by atoms with Crippen LogP contribution in [0.3, 0.4) is 0 Å². The van der Waals surface area contributed by atoms with E-state index in [0.29, 0.717) is 5.92 Å². The summed E-state index contributed by atoms with van der Waals surface area (Å²) in [6.07, 6.45) is 4.89. The second-order valence-corrected chi connectivity index (χ2v) is 17.5. The first-order valence-electron chi connectivity index (χ1n) is 11.6. The lowest BCUT2D eigenvalue weighted by Crippen LogP contribution is -3.00. The van der Waals surface area contributed by atoms with Gasteiger partial charge in [-0.3, -0.25) is 0 Å². The number of rotatable bonds is 11. The maximum atomic E-state index is 6.50. The van der Waals surface area contributed by atoms with Crippen LogP contribution in [0, 0.1) is 5.92 Å². The van der Waals surface area contributed by atoms with Crippen LogP contribution in [0.1, 0.15) is 26.2 Å². The largest absolute Gasteiger partial charge is 1.00 e. The van der Waals surface area contributed by atoms with E-state index in [1.54, 1.807) is 0 Å². The SMILES string of the molecule is CCCC[C@H](CO[Si](C)(C)C)C[P+](c1ccccc1)(c1ccccc1)c1ccccc1.[I-].